The summed E-state index contributed by atoms with van der Waals surface area (Å²) in [7, 11) is 0. The number of carboxylic acids is 1. The summed E-state index contributed by atoms with van der Waals surface area (Å²) in [4.78, 5) is 44.5. The number of halogens is 1. The van der Waals surface area contributed by atoms with E-state index in [0.29, 0.717) is 22.1 Å². The molecular formula is C27H19BrN4O4S. The van der Waals surface area contributed by atoms with E-state index in [1.54, 1.807) is 11.6 Å². The summed E-state index contributed by atoms with van der Waals surface area (Å²) < 4.78 is 1.35. The van der Waals surface area contributed by atoms with Gasteiger partial charge in [0.2, 0.25) is 0 Å². The van der Waals surface area contributed by atoms with Crippen LogP contribution in [0.3, 0.4) is 0 Å². The molecule has 8 nitrogen and oxygen atoms in total. The van der Waals surface area contributed by atoms with Crippen LogP contribution in [0.25, 0.3) is 32.2 Å². The van der Waals surface area contributed by atoms with E-state index in [4.69, 9.17) is 5.11 Å². The van der Waals surface area contributed by atoms with Gasteiger partial charge in [0.05, 0.1) is 21.3 Å². The maximum Gasteiger partial charge on any atom is 0.329 e. The van der Waals surface area contributed by atoms with Gasteiger partial charge in [0.1, 0.15) is 0 Å². The van der Waals surface area contributed by atoms with Gasteiger partial charge in [-0.3, -0.25) is 9.59 Å². The van der Waals surface area contributed by atoms with Gasteiger partial charge in [-0.25, -0.2) is 9.78 Å². The number of carboxylic acid groups (broad SMARTS) is 1. The molecule has 5 rings (SSSR count). The Kier molecular flexibility index (Phi) is 6.85. The maximum absolute atomic E-state index is 13.5. The molecule has 0 radical (unpaired) electrons. The van der Waals surface area contributed by atoms with E-state index in [-0.39, 0.29) is 11.5 Å². The molecule has 0 saturated carbocycles. The molecule has 0 spiro atoms. The number of H-pyrrole nitrogens is 1. The molecule has 0 atom stereocenters. The molecule has 10 heteroatoms. The number of amides is 2. The third-order valence-corrected chi connectivity index (χ3v) is 7.43. The van der Waals surface area contributed by atoms with Crippen molar-refractivity contribution in [3.63, 3.8) is 0 Å². The van der Waals surface area contributed by atoms with Gasteiger partial charge in [-0.2, -0.15) is 0 Å². The summed E-state index contributed by atoms with van der Waals surface area (Å²) in [5, 5.41) is 15.3. The number of carbonyl (C=O) groups excluding carboxylic acids is 2. The number of hydrogen-bond acceptors (Lipinski definition) is 5. The Morgan fingerprint density at radius 1 is 1.05 bits per heavy atom. The largest absolute Gasteiger partial charge is 0.478 e. The lowest BCUT2D eigenvalue weighted by atomic mass is 9.96. The zero-order valence-electron chi connectivity index (χ0n) is 19.1. The molecular weight excluding hydrogens is 556 g/mol. The van der Waals surface area contributed by atoms with Gasteiger partial charge in [-0.15, -0.1) is 11.3 Å². The monoisotopic (exact) mass is 574 g/mol. The molecule has 184 valence electrons. The van der Waals surface area contributed by atoms with E-state index in [0.717, 1.165) is 44.5 Å². The molecule has 0 fully saturated rings. The molecule has 0 aliphatic rings. The van der Waals surface area contributed by atoms with Crippen LogP contribution in [0, 0.1) is 0 Å². The Hall–Kier alpha value is -4.28. The number of nitrogens with zero attached hydrogens (tertiary/aromatic N) is 1. The lowest BCUT2D eigenvalue weighted by molar-refractivity contribution is -0.131. The van der Waals surface area contributed by atoms with Crippen LogP contribution in [0.4, 0.5) is 0 Å². The summed E-state index contributed by atoms with van der Waals surface area (Å²) in [6.45, 7) is 0.321. The van der Waals surface area contributed by atoms with Crippen molar-refractivity contribution in [2.24, 2.45) is 0 Å². The minimum Gasteiger partial charge on any atom is -0.478 e. The van der Waals surface area contributed by atoms with Crippen LogP contribution in [0.15, 0.2) is 83.1 Å². The summed E-state index contributed by atoms with van der Waals surface area (Å²) in [5.41, 5.74) is 6.46. The molecule has 3 aromatic carbocycles. The number of aromatic nitrogens is 2. The number of benzene rings is 3. The predicted octanol–water partition coefficient (Wildman–Crippen LogP) is 5.47. The molecule has 0 aliphatic heterocycles. The lowest BCUT2D eigenvalue weighted by Gasteiger charge is -2.16. The fourth-order valence-electron chi connectivity index (χ4n) is 4.08. The summed E-state index contributed by atoms with van der Waals surface area (Å²) in [6.07, 6.45) is 3.75. The Morgan fingerprint density at radius 3 is 2.73 bits per heavy atom. The van der Waals surface area contributed by atoms with Crippen molar-refractivity contribution in [1.82, 2.24) is 20.6 Å². The van der Waals surface area contributed by atoms with Crippen molar-refractivity contribution in [3.05, 3.63) is 99.7 Å². The normalized spacial score (nSPS) is 11.3. The van der Waals surface area contributed by atoms with Gasteiger partial charge in [0.15, 0.2) is 0 Å². The van der Waals surface area contributed by atoms with Crippen LogP contribution in [-0.2, 0) is 11.3 Å². The minimum absolute atomic E-state index is 0.253. The van der Waals surface area contributed by atoms with E-state index < -0.39 is 11.9 Å². The zero-order chi connectivity index (χ0) is 25.9. The molecule has 0 bridgehead atoms. The van der Waals surface area contributed by atoms with Gasteiger partial charge in [-0.1, -0.05) is 18.2 Å². The lowest BCUT2D eigenvalue weighted by Crippen LogP contribution is -2.24. The molecule has 0 saturated heterocycles. The number of carbonyl (C=O) groups is 3. The van der Waals surface area contributed by atoms with E-state index in [2.05, 4.69) is 36.5 Å². The van der Waals surface area contributed by atoms with E-state index in [9.17, 15) is 14.4 Å². The highest BCUT2D eigenvalue weighted by atomic mass is 79.9. The number of hydrogen-bond donors (Lipinski definition) is 4. The third kappa shape index (κ3) is 5.02. The number of fused-ring (bicyclic) bond motifs is 2. The second-order valence-electron chi connectivity index (χ2n) is 8.07. The third-order valence-electron chi connectivity index (χ3n) is 5.82. The van der Waals surface area contributed by atoms with Gasteiger partial charge in [0.25, 0.3) is 11.8 Å². The van der Waals surface area contributed by atoms with Crippen molar-refractivity contribution < 1.29 is 19.5 Å². The Morgan fingerprint density at radius 2 is 1.89 bits per heavy atom. The average Bonchev–Trinajstić information content (AvgIpc) is 3.56. The van der Waals surface area contributed by atoms with E-state index in [1.807, 2.05) is 48.7 Å². The topological polar surface area (TPSA) is 124 Å². The van der Waals surface area contributed by atoms with Crippen molar-refractivity contribution >= 4 is 66.2 Å². The second-order valence-corrected chi connectivity index (χ2v) is 9.75. The average molecular weight is 575 g/mol. The zero-order valence-corrected chi connectivity index (χ0v) is 21.5. The van der Waals surface area contributed by atoms with Gasteiger partial charge < -0.3 is 20.7 Å². The summed E-state index contributed by atoms with van der Waals surface area (Å²) in [5.74, 6) is -2.00. The quantitative estimate of drug-likeness (QED) is 0.192. The number of nitrogens with one attached hydrogen (secondary N) is 3. The minimum atomic E-state index is -1.18. The van der Waals surface area contributed by atoms with Gasteiger partial charge >= 0.3 is 5.97 Å². The number of rotatable bonds is 7. The van der Waals surface area contributed by atoms with Crippen LogP contribution in [0.5, 0.6) is 0 Å². The summed E-state index contributed by atoms with van der Waals surface area (Å²) in [6, 6.07) is 16.6. The van der Waals surface area contributed by atoms with Crippen LogP contribution in [-0.4, -0.2) is 32.9 Å². The molecule has 2 aromatic heterocycles. The molecule has 2 amide bonds. The Bertz CT molecular complexity index is 1710. The van der Waals surface area contributed by atoms with Crippen LogP contribution in [0.1, 0.15) is 26.3 Å². The molecule has 5 aromatic rings. The molecule has 37 heavy (non-hydrogen) atoms. The maximum atomic E-state index is 13.5. The highest BCUT2D eigenvalue weighted by Gasteiger charge is 2.22. The first kappa shape index (κ1) is 24.4. The molecule has 0 unspecified atom stereocenters. The van der Waals surface area contributed by atoms with Gasteiger partial charge in [-0.05, 0) is 63.5 Å². The highest BCUT2D eigenvalue weighted by molar-refractivity contribution is 9.10. The molecule has 4 N–H and O–H groups in total. The standard InChI is InChI=1S/C27H19BrN4O4S/c28-25-19(27(36)30-11-9-23(33)34)6-5-18(24(25)15-4-7-21-22(12-15)37-14-32-21)26(35)31-13-16-2-1-3-20-17(16)8-10-29-20/h1-12,14,29H,13H2,(H,30,36)(H,31,35)(H,33,34)/b11-9-. The Balaban J connectivity index is 1.52. The van der Waals surface area contributed by atoms with Crippen LogP contribution in [0.2, 0.25) is 0 Å². The van der Waals surface area contributed by atoms with E-state index >= 15 is 0 Å². The van der Waals surface area contributed by atoms with Gasteiger partial charge in [0, 0.05) is 51.5 Å². The Labute approximate surface area is 223 Å². The van der Waals surface area contributed by atoms with Crippen LogP contribution >= 0.6 is 27.3 Å². The second kappa shape index (κ2) is 10.4. The fraction of sp³-hybridized carbons (Fsp3) is 0.0370. The summed E-state index contributed by atoms with van der Waals surface area (Å²) >= 11 is 5.02. The molecule has 0 aliphatic carbocycles. The first-order chi connectivity index (χ1) is 17.9. The van der Waals surface area contributed by atoms with Crippen molar-refractivity contribution in [1.29, 1.82) is 0 Å². The highest BCUT2D eigenvalue weighted by Crippen LogP contribution is 2.36. The first-order valence-electron chi connectivity index (χ1n) is 11.1. The number of aromatic amines is 1. The van der Waals surface area contributed by atoms with Crippen molar-refractivity contribution in [3.8, 4) is 11.1 Å². The predicted molar refractivity (Wildman–Crippen MR) is 146 cm³/mol. The van der Waals surface area contributed by atoms with Crippen LogP contribution < -0.4 is 10.6 Å². The molecule has 2 heterocycles. The number of aliphatic carboxylic acids is 1. The smallest absolute Gasteiger partial charge is 0.329 e. The SMILES string of the molecule is O=C(O)/C=C\NC(=O)c1ccc(C(=O)NCc2cccc3[nH]ccc23)c(-c2ccc3ncsc3c2)c1Br. The van der Waals surface area contributed by atoms with Crippen molar-refractivity contribution in [2.75, 3.05) is 0 Å². The fourth-order valence-corrected chi connectivity index (χ4v) is 5.55. The first-order valence-corrected chi connectivity index (χ1v) is 12.8. The van der Waals surface area contributed by atoms with E-state index in [1.165, 1.54) is 17.4 Å². The van der Waals surface area contributed by atoms with Crippen molar-refractivity contribution in [2.45, 2.75) is 6.54 Å². The number of thiazole rings is 1.